The van der Waals surface area contributed by atoms with E-state index in [-0.39, 0.29) is 0 Å². The van der Waals surface area contributed by atoms with E-state index >= 15 is 0 Å². The van der Waals surface area contributed by atoms with Crippen LogP contribution in [0, 0.1) is 5.92 Å². The first-order chi connectivity index (χ1) is 3.80. The highest BCUT2D eigenvalue weighted by atomic mass is 79.9. The van der Waals surface area contributed by atoms with Gasteiger partial charge in [0.2, 0.25) is 0 Å². The Morgan fingerprint density at radius 2 is 2.38 bits per heavy atom. The minimum Gasteiger partial charge on any atom is -0.0874 e. The van der Waals surface area contributed by atoms with Gasteiger partial charge in [0.25, 0.3) is 0 Å². The average molecular weight is 175 g/mol. The summed E-state index contributed by atoms with van der Waals surface area (Å²) < 4.78 is 0. The fourth-order valence-corrected chi connectivity index (χ4v) is 1.41. The first-order valence-electron chi connectivity index (χ1n) is 3.11. The second-order valence-corrected chi connectivity index (χ2v) is 3.48. The van der Waals surface area contributed by atoms with Gasteiger partial charge in [0.15, 0.2) is 0 Å². The van der Waals surface area contributed by atoms with E-state index < -0.39 is 0 Å². The van der Waals surface area contributed by atoms with E-state index in [9.17, 15) is 0 Å². The molecular formula is C7H11Br. The topological polar surface area (TPSA) is 0 Å². The van der Waals surface area contributed by atoms with Gasteiger partial charge in [-0.2, -0.15) is 0 Å². The maximum atomic E-state index is 3.57. The van der Waals surface area contributed by atoms with Crippen molar-refractivity contribution in [3.05, 3.63) is 12.2 Å². The summed E-state index contributed by atoms with van der Waals surface area (Å²) in [5, 5.41) is 0. The second-order valence-electron chi connectivity index (χ2n) is 2.43. The fraction of sp³-hybridized carbons (Fsp3) is 0.714. The second kappa shape index (κ2) is 2.67. The van der Waals surface area contributed by atoms with Crippen LogP contribution in [-0.2, 0) is 0 Å². The predicted octanol–water partition coefficient (Wildman–Crippen LogP) is 2.74. The van der Waals surface area contributed by atoms with Crippen LogP contribution in [0.2, 0.25) is 0 Å². The molecule has 0 aromatic heterocycles. The number of rotatable bonds is 0. The van der Waals surface area contributed by atoms with Crippen LogP contribution in [-0.4, -0.2) is 4.83 Å². The third kappa shape index (κ3) is 1.35. The van der Waals surface area contributed by atoms with Gasteiger partial charge in [-0.25, -0.2) is 0 Å². The summed E-state index contributed by atoms with van der Waals surface area (Å²) in [5.74, 6) is 0.833. The summed E-state index contributed by atoms with van der Waals surface area (Å²) in [5.41, 5.74) is 0. The molecule has 0 amide bonds. The summed E-state index contributed by atoms with van der Waals surface area (Å²) in [6.07, 6.45) is 7.10. The first kappa shape index (κ1) is 6.34. The van der Waals surface area contributed by atoms with Crippen LogP contribution < -0.4 is 0 Å². The molecule has 2 atom stereocenters. The number of allylic oxidation sites excluding steroid dienone is 2. The Bertz CT molecular complexity index is 96.6. The number of hydrogen-bond acceptors (Lipinski definition) is 0. The van der Waals surface area contributed by atoms with E-state index in [2.05, 4.69) is 35.0 Å². The van der Waals surface area contributed by atoms with Crippen molar-refractivity contribution >= 4 is 15.9 Å². The molecule has 0 saturated heterocycles. The van der Waals surface area contributed by atoms with Gasteiger partial charge in [-0.15, -0.1) is 0 Å². The molecule has 8 heavy (non-hydrogen) atoms. The quantitative estimate of drug-likeness (QED) is 0.392. The SMILES string of the molecule is CC1CCC=CC1Br. The maximum Gasteiger partial charge on any atom is 0.0351 e. The van der Waals surface area contributed by atoms with Crippen molar-refractivity contribution in [1.82, 2.24) is 0 Å². The molecule has 0 aromatic carbocycles. The van der Waals surface area contributed by atoms with Crippen LogP contribution in [0.1, 0.15) is 19.8 Å². The zero-order valence-corrected chi connectivity index (χ0v) is 6.69. The molecule has 0 N–H and O–H groups in total. The zero-order valence-electron chi connectivity index (χ0n) is 5.10. The molecule has 0 aromatic rings. The Kier molecular flexibility index (Phi) is 2.12. The van der Waals surface area contributed by atoms with Crippen LogP contribution >= 0.6 is 15.9 Å². The average Bonchev–Trinajstić information content (AvgIpc) is 1.77. The summed E-state index contributed by atoms with van der Waals surface area (Å²) in [6, 6.07) is 0. The van der Waals surface area contributed by atoms with Gasteiger partial charge in [-0.05, 0) is 18.8 Å². The van der Waals surface area contributed by atoms with Gasteiger partial charge in [0, 0.05) is 4.83 Å². The highest BCUT2D eigenvalue weighted by molar-refractivity contribution is 9.09. The molecule has 0 fully saturated rings. The molecule has 0 spiro atoms. The molecule has 0 aliphatic heterocycles. The molecule has 1 aliphatic carbocycles. The van der Waals surface area contributed by atoms with Crippen molar-refractivity contribution in [2.75, 3.05) is 0 Å². The molecule has 0 saturated carbocycles. The Labute approximate surface area is 59.1 Å². The van der Waals surface area contributed by atoms with Gasteiger partial charge >= 0.3 is 0 Å². The molecule has 0 heterocycles. The van der Waals surface area contributed by atoms with Crippen molar-refractivity contribution in [3.63, 3.8) is 0 Å². The lowest BCUT2D eigenvalue weighted by Crippen LogP contribution is -2.10. The Balaban J connectivity index is 2.47. The van der Waals surface area contributed by atoms with Gasteiger partial charge in [0.1, 0.15) is 0 Å². The van der Waals surface area contributed by atoms with Gasteiger partial charge in [-0.1, -0.05) is 35.0 Å². The molecule has 0 radical (unpaired) electrons. The first-order valence-corrected chi connectivity index (χ1v) is 4.03. The summed E-state index contributed by atoms with van der Waals surface area (Å²) >= 11 is 3.57. The van der Waals surface area contributed by atoms with Crippen molar-refractivity contribution in [2.24, 2.45) is 5.92 Å². The predicted molar refractivity (Wildman–Crippen MR) is 40.3 cm³/mol. The molecular weight excluding hydrogens is 164 g/mol. The third-order valence-electron chi connectivity index (χ3n) is 1.65. The van der Waals surface area contributed by atoms with Crippen molar-refractivity contribution in [1.29, 1.82) is 0 Å². The fourth-order valence-electron chi connectivity index (χ4n) is 0.934. The highest BCUT2D eigenvalue weighted by Gasteiger charge is 2.12. The van der Waals surface area contributed by atoms with Gasteiger partial charge in [0.05, 0.1) is 0 Å². The largest absolute Gasteiger partial charge is 0.0874 e. The van der Waals surface area contributed by atoms with E-state index in [1.54, 1.807) is 0 Å². The Hall–Kier alpha value is 0.220. The van der Waals surface area contributed by atoms with Crippen molar-refractivity contribution < 1.29 is 0 Å². The molecule has 0 bridgehead atoms. The van der Waals surface area contributed by atoms with E-state index in [0.29, 0.717) is 4.83 Å². The van der Waals surface area contributed by atoms with Gasteiger partial charge < -0.3 is 0 Å². The maximum absolute atomic E-state index is 3.57. The normalized spacial score (nSPS) is 37.8. The van der Waals surface area contributed by atoms with Crippen molar-refractivity contribution in [2.45, 2.75) is 24.6 Å². The van der Waals surface area contributed by atoms with E-state index in [4.69, 9.17) is 0 Å². The molecule has 46 valence electrons. The third-order valence-corrected chi connectivity index (χ3v) is 2.86. The molecule has 1 aliphatic rings. The highest BCUT2D eigenvalue weighted by Crippen LogP contribution is 2.23. The standard InChI is InChI=1S/C7H11Br/c1-6-4-2-3-5-7(6)8/h3,5-7H,2,4H2,1H3. The van der Waals surface area contributed by atoms with E-state index in [0.717, 1.165) is 5.92 Å². The van der Waals surface area contributed by atoms with Crippen LogP contribution in [0.5, 0.6) is 0 Å². The zero-order chi connectivity index (χ0) is 5.98. The van der Waals surface area contributed by atoms with Gasteiger partial charge in [-0.3, -0.25) is 0 Å². The number of hydrogen-bond donors (Lipinski definition) is 0. The lowest BCUT2D eigenvalue weighted by molar-refractivity contribution is 0.543. The summed E-state index contributed by atoms with van der Waals surface area (Å²) in [7, 11) is 0. The van der Waals surface area contributed by atoms with E-state index in [1.807, 2.05) is 0 Å². The summed E-state index contributed by atoms with van der Waals surface area (Å²) in [4.78, 5) is 0.635. The monoisotopic (exact) mass is 174 g/mol. The molecule has 1 heteroatoms. The summed E-state index contributed by atoms with van der Waals surface area (Å²) in [6.45, 7) is 2.28. The lowest BCUT2D eigenvalue weighted by Gasteiger charge is -2.17. The van der Waals surface area contributed by atoms with Crippen LogP contribution in [0.25, 0.3) is 0 Å². The Morgan fingerprint density at radius 3 is 2.75 bits per heavy atom. The lowest BCUT2D eigenvalue weighted by atomic mass is 9.97. The minimum absolute atomic E-state index is 0.635. The smallest absolute Gasteiger partial charge is 0.0351 e. The van der Waals surface area contributed by atoms with Crippen LogP contribution in [0.15, 0.2) is 12.2 Å². The van der Waals surface area contributed by atoms with Crippen LogP contribution in [0.4, 0.5) is 0 Å². The number of alkyl halides is 1. The molecule has 2 unspecified atom stereocenters. The van der Waals surface area contributed by atoms with E-state index in [1.165, 1.54) is 12.8 Å². The molecule has 1 rings (SSSR count). The Morgan fingerprint density at radius 1 is 1.62 bits per heavy atom. The minimum atomic E-state index is 0.635. The van der Waals surface area contributed by atoms with Crippen molar-refractivity contribution in [3.8, 4) is 0 Å². The molecule has 0 nitrogen and oxygen atoms in total. The number of halogens is 1. The van der Waals surface area contributed by atoms with Crippen LogP contribution in [0.3, 0.4) is 0 Å².